The van der Waals surface area contributed by atoms with E-state index in [4.69, 9.17) is 0 Å². The fraction of sp³-hybridized carbons (Fsp3) is 0.143. The maximum absolute atomic E-state index is 12.3. The molecule has 0 saturated heterocycles. The predicted octanol–water partition coefficient (Wildman–Crippen LogP) is 7.62. The quantitative estimate of drug-likeness (QED) is 0.234. The maximum atomic E-state index is 12.3. The zero-order valence-corrected chi connectivity index (χ0v) is 28.9. The number of nitrogens with one attached hydrogen (secondary N) is 2. The molecular weight excluding hydrogens is 661 g/mol. The fourth-order valence-corrected chi connectivity index (χ4v) is 9.47. The molecule has 50 heavy (non-hydrogen) atoms. The van der Waals surface area contributed by atoms with Gasteiger partial charge in [-0.1, -0.05) is 103 Å². The van der Waals surface area contributed by atoms with Crippen molar-refractivity contribution >= 4 is 51.0 Å². The van der Waals surface area contributed by atoms with Gasteiger partial charge in [-0.2, -0.15) is 0 Å². The first-order valence-corrected chi connectivity index (χ1v) is 19.1. The molecular formula is C42H36N2O4S2. The molecule has 0 saturated carbocycles. The number of allylic oxidation sites excluding steroid dienone is 8. The van der Waals surface area contributed by atoms with Crippen LogP contribution in [0.1, 0.15) is 23.1 Å². The Labute approximate surface area is 297 Å². The summed E-state index contributed by atoms with van der Waals surface area (Å²) < 4.78 is 24.6. The van der Waals surface area contributed by atoms with Gasteiger partial charge in [-0.25, -0.2) is 8.42 Å². The van der Waals surface area contributed by atoms with Crippen LogP contribution < -0.4 is 10.6 Å². The number of hydrogen-bond acceptors (Lipinski definition) is 7. The van der Waals surface area contributed by atoms with Crippen LogP contribution in [-0.4, -0.2) is 43.6 Å². The summed E-state index contributed by atoms with van der Waals surface area (Å²) in [6.45, 7) is 1.82. The van der Waals surface area contributed by atoms with Gasteiger partial charge in [0.05, 0.1) is 15.8 Å². The number of carbonyl (C=O) groups is 2. The van der Waals surface area contributed by atoms with E-state index in [0.29, 0.717) is 34.4 Å². The first-order valence-electron chi connectivity index (χ1n) is 16.7. The Morgan fingerprint density at radius 3 is 2.16 bits per heavy atom. The third-order valence-corrected chi connectivity index (χ3v) is 12.4. The number of ketones is 2. The standard InChI is InChI=1S/C13H10O2S.C13H10S.C8H7NO2.C8H9N/c14-16(15)12-7-3-1-5-10(12)9-11-6-2-4-8-13(11)16;1-3-7-12-10(5-1)9-11-6-2-4-8-13(11)14-12;10-6-1-2-7(11)8-5(6)3-4-9-8;1-2-4-8-7(3-1)5-6-9-8/h1-9,12H;1-9,12H;1-2,9H,3-4H2;1-4,9H,5-6H2. The van der Waals surface area contributed by atoms with Crippen LogP contribution in [0.25, 0.3) is 12.2 Å². The summed E-state index contributed by atoms with van der Waals surface area (Å²) in [5.74, 6) is -0.0956. The lowest BCUT2D eigenvalue weighted by atomic mass is 10.0. The van der Waals surface area contributed by atoms with Crippen LogP contribution in [0.15, 0.2) is 166 Å². The lowest BCUT2D eigenvalue weighted by molar-refractivity contribution is -0.115. The van der Waals surface area contributed by atoms with E-state index in [-0.39, 0.29) is 11.6 Å². The average molecular weight is 697 g/mol. The number of sulfone groups is 1. The molecule has 0 bridgehead atoms. The van der Waals surface area contributed by atoms with Crippen molar-refractivity contribution in [2.24, 2.45) is 0 Å². The topological polar surface area (TPSA) is 92.3 Å². The molecule has 3 aliphatic carbocycles. The van der Waals surface area contributed by atoms with Crippen LogP contribution in [0.5, 0.6) is 0 Å². The molecule has 2 N–H and O–H groups in total. The minimum Gasteiger partial charge on any atom is -0.384 e. The third kappa shape index (κ3) is 7.08. The number of hydrogen-bond donors (Lipinski definition) is 2. The molecule has 3 aromatic carbocycles. The highest BCUT2D eigenvalue weighted by molar-refractivity contribution is 8.00. The van der Waals surface area contributed by atoms with Crippen molar-refractivity contribution in [3.63, 3.8) is 0 Å². The summed E-state index contributed by atoms with van der Waals surface area (Å²) in [6, 6.07) is 24.2. The molecule has 4 heterocycles. The Bertz CT molecular complexity index is 2170. The lowest BCUT2D eigenvalue weighted by Gasteiger charge is -2.23. The van der Waals surface area contributed by atoms with Gasteiger partial charge < -0.3 is 10.6 Å². The Balaban J connectivity index is 0.000000107. The molecule has 10 rings (SSSR count). The second-order valence-corrected chi connectivity index (χ2v) is 15.5. The van der Waals surface area contributed by atoms with Crippen LogP contribution in [-0.2, 0) is 25.8 Å². The Morgan fingerprint density at radius 2 is 1.32 bits per heavy atom. The lowest BCUT2D eigenvalue weighted by Crippen LogP contribution is -2.25. The van der Waals surface area contributed by atoms with E-state index in [9.17, 15) is 18.0 Å². The molecule has 0 radical (unpaired) electrons. The van der Waals surface area contributed by atoms with Crippen molar-refractivity contribution in [1.29, 1.82) is 0 Å². The zero-order chi connectivity index (χ0) is 34.5. The molecule has 6 nitrogen and oxygen atoms in total. The summed E-state index contributed by atoms with van der Waals surface area (Å²) in [5, 5.41) is 6.21. The van der Waals surface area contributed by atoms with E-state index < -0.39 is 15.1 Å². The fourth-order valence-electron chi connectivity index (χ4n) is 6.53. The van der Waals surface area contributed by atoms with E-state index in [1.807, 2.05) is 42.1 Å². The SMILES string of the molecule is C1=CC2=Cc3ccccc3SC2C=C1.O=C1C=CC(=O)C2=C1CCN2.O=S1(=O)c2ccccc2C=C2C=CC=CC21.c1ccc2c(c1)CCN2. The van der Waals surface area contributed by atoms with Crippen molar-refractivity contribution in [3.05, 3.63) is 173 Å². The average Bonchev–Trinajstić information content (AvgIpc) is 3.85. The number of para-hydroxylation sites is 1. The normalized spacial score (nSPS) is 21.7. The van der Waals surface area contributed by atoms with Crippen LogP contribution in [0.3, 0.4) is 0 Å². The van der Waals surface area contributed by atoms with Crippen LogP contribution in [0.4, 0.5) is 5.69 Å². The smallest absolute Gasteiger partial charge is 0.202 e. The first kappa shape index (κ1) is 33.3. The molecule has 0 aromatic heterocycles. The Hall–Kier alpha value is -5.18. The number of rotatable bonds is 0. The summed E-state index contributed by atoms with van der Waals surface area (Å²) >= 11 is 1.93. The molecule has 2 unspecified atom stereocenters. The summed E-state index contributed by atoms with van der Waals surface area (Å²) in [5.41, 5.74) is 8.33. The molecule has 2 atom stereocenters. The van der Waals surface area contributed by atoms with E-state index in [2.05, 4.69) is 89.5 Å². The van der Waals surface area contributed by atoms with Gasteiger partial charge >= 0.3 is 0 Å². The van der Waals surface area contributed by atoms with E-state index in [1.165, 1.54) is 45.9 Å². The molecule has 0 amide bonds. The Morgan fingerprint density at radius 1 is 0.640 bits per heavy atom. The van der Waals surface area contributed by atoms with Gasteiger partial charge in [0.1, 0.15) is 5.25 Å². The number of fused-ring (bicyclic) bond motifs is 5. The van der Waals surface area contributed by atoms with Gasteiger partial charge in [0.25, 0.3) is 0 Å². The second kappa shape index (κ2) is 14.7. The molecule has 4 aliphatic heterocycles. The number of anilines is 1. The van der Waals surface area contributed by atoms with Crippen LogP contribution >= 0.6 is 11.8 Å². The molecule has 7 aliphatic rings. The van der Waals surface area contributed by atoms with Crippen molar-refractivity contribution in [1.82, 2.24) is 5.32 Å². The Kier molecular flexibility index (Phi) is 9.83. The number of benzene rings is 3. The van der Waals surface area contributed by atoms with E-state index in [1.54, 1.807) is 24.3 Å². The highest BCUT2D eigenvalue weighted by Gasteiger charge is 2.33. The van der Waals surface area contributed by atoms with Gasteiger partial charge in [0, 0.05) is 29.2 Å². The first-order chi connectivity index (χ1) is 24.4. The van der Waals surface area contributed by atoms with Crippen molar-refractivity contribution in [2.75, 3.05) is 18.4 Å². The summed E-state index contributed by atoms with van der Waals surface area (Å²) in [4.78, 5) is 24.0. The maximum Gasteiger partial charge on any atom is 0.202 e. The van der Waals surface area contributed by atoms with Gasteiger partial charge in [0.15, 0.2) is 15.6 Å². The highest BCUT2D eigenvalue weighted by atomic mass is 32.2. The van der Waals surface area contributed by atoms with Gasteiger partial charge in [0.2, 0.25) is 5.78 Å². The van der Waals surface area contributed by atoms with E-state index >= 15 is 0 Å². The number of carbonyl (C=O) groups excluding carboxylic acids is 2. The second-order valence-electron chi connectivity index (χ2n) is 12.3. The molecule has 8 heteroatoms. The predicted molar refractivity (Wildman–Crippen MR) is 203 cm³/mol. The monoisotopic (exact) mass is 696 g/mol. The number of thioether (sulfide) groups is 1. The molecule has 0 fully saturated rings. The van der Waals surface area contributed by atoms with Crippen molar-refractivity contribution in [3.8, 4) is 0 Å². The summed E-state index contributed by atoms with van der Waals surface area (Å²) in [7, 11) is -3.25. The van der Waals surface area contributed by atoms with Crippen LogP contribution in [0, 0.1) is 0 Å². The third-order valence-electron chi connectivity index (χ3n) is 9.04. The van der Waals surface area contributed by atoms with Gasteiger partial charge in [-0.05, 0) is 83.2 Å². The molecule has 0 spiro atoms. The van der Waals surface area contributed by atoms with Gasteiger partial charge in [-0.3, -0.25) is 9.59 Å². The van der Waals surface area contributed by atoms with Crippen molar-refractivity contribution < 1.29 is 18.0 Å². The van der Waals surface area contributed by atoms with Crippen LogP contribution in [0.2, 0.25) is 0 Å². The zero-order valence-electron chi connectivity index (χ0n) is 27.3. The minimum atomic E-state index is -3.25. The highest BCUT2D eigenvalue weighted by Crippen LogP contribution is 2.39. The largest absolute Gasteiger partial charge is 0.384 e. The minimum absolute atomic E-state index is 0.0235. The molecule has 250 valence electrons. The van der Waals surface area contributed by atoms with Crippen molar-refractivity contribution in [2.45, 2.75) is 33.1 Å². The van der Waals surface area contributed by atoms with Gasteiger partial charge in [-0.15, -0.1) is 11.8 Å². The van der Waals surface area contributed by atoms with E-state index in [0.717, 1.165) is 17.7 Å². The summed E-state index contributed by atoms with van der Waals surface area (Å²) in [6.07, 6.45) is 24.7. The molecule has 3 aromatic rings.